The molecule has 0 saturated heterocycles. The quantitative estimate of drug-likeness (QED) is 0.627. The number of nitrogens with two attached hydrogens (primary N) is 1. The summed E-state index contributed by atoms with van der Waals surface area (Å²) in [5.74, 6) is 0.00518. The summed E-state index contributed by atoms with van der Waals surface area (Å²) in [5, 5.41) is 0. The zero-order valence-corrected chi connectivity index (χ0v) is 13.2. The number of Topliss-reactive ketones (excluding diaryl/α,β-unsaturated/α-hetero) is 1. The average Bonchev–Trinajstić information content (AvgIpc) is 2.31. The molecule has 0 heterocycles. The molecule has 0 fully saturated rings. The van der Waals surface area contributed by atoms with Crippen LogP contribution in [0.2, 0.25) is 0 Å². The van der Waals surface area contributed by atoms with Crippen LogP contribution in [0.5, 0.6) is 5.75 Å². The van der Waals surface area contributed by atoms with E-state index in [0.29, 0.717) is 15.7 Å². The molecular weight excluding hydrogens is 334 g/mol. The number of rotatable bonds is 6. The number of carbonyl (C=O) groups is 1. The molecule has 1 aromatic carbocycles. The smallest absolute Gasteiger partial charge is 0.163 e. The van der Waals surface area contributed by atoms with Gasteiger partial charge in [0.25, 0.3) is 0 Å². The first-order chi connectivity index (χ1) is 8.76. The van der Waals surface area contributed by atoms with Gasteiger partial charge in [0, 0.05) is 10.2 Å². The molecule has 0 aliphatic heterocycles. The van der Waals surface area contributed by atoms with Gasteiger partial charge in [-0.05, 0) is 19.1 Å². The zero-order chi connectivity index (χ0) is 14.6. The average molecular weight is 350 g/mol. The lowest BCUT2D eigenvalue weighted by atomic mass is 10.1. The van der Waals surface area contributed by atoms with E-state index in [1.165, 1.54) is 6.92 Å². The highest BCUT2D eigenvalue weighted by molar-refractivity contribution is 9.10. The summed E-state index contributed by atoms with van der Waals surface area (Å²) in [6.45, 7) is 2.95. The van der Waals surface area contributed by atoms with E-state index in [-0.39, 0.29) is 29.6 Å². The minimum absolute atomic E-state index is 0.0255. The number of sulfone groups is 1. The Balaban J connectivity index is 2.92. The summed E-state index contributed by atoms with van der Waals surface area (Å²) >= 11 is 3.24. The van der Waals surface area contributed by atoms with Gasteiger partial charge in [0.05, 0.1) is 17.0 Å². The van der Waals surface area contributed by atoms with Gasteiger partial charge >= 0.3 is 0 Å². The molecule has 0 spiro atoms. The summed E-state index contributed by atoms with van der Waals surface area (Å²) < 4.78 is 28.8. The summed E-state index contributed by atoms with van der Waals surface area (Å²) in [5.41, 5.74) is 6.42. The largest absolute Gasteiger partial charge is 0.490 e. The van der Waals surface area contributed by atoms with Gasteiger partial charge < -0.3 is 10.5 Å². The molecule has 0 bridgehead atoms. The van der Waals surface area contributed by atoms with Gasteiger partial charge in [-0.3, -0.25) is 4.79 Å². The Hall–Kier alpha value is -1.08. The Kier molecular flexibility index (Phi) is 5.37. The first kappa shape index (κ1) is 16.0. The number of nitrogen functional groups attached to an aromatic ring is 1. The summed E-state index contributed by atoms with van der Waals surface area (Å²) in [7, 11) is -3.10. The molecule has 0 unspecified atom stereocenters. The zero-order valence-electron chi connectivity index (χ0n) is 10.8. The van der Waals surface area contributed by atoms with Crippen LogP contribution in [-0.2, 0) is 9.84 Å². The fraction of sp³-hybridized carbons (Fsp3) is 0.417. The fourth-order valence-corrected chi connectivity index (χ4v) is 2.55. The molecular formula is C12H16BrNO4S. The summed E-state index contributed by atoms with van der Waals surface area (Å²) in [6.07, 6.45) is 0. The van der Waals surface area contributed by atoms with E-state index >= 15 is 0 Å². The third-order valence-electron chi connectivity index (χ3n) is 2.54. The van der Waals surface area contributed by atoms with E-state index in [1.807, 2.05) is 0 Å². The standard InChI is InChI=1S/C12H16BrNO4S/c1-3-19(16,17)5-4-18-12-10(8(2)15)6-9(13)7-11(12)14/h6-7H,3-5,14H2,1-2H3. The van der Waals surface area contributed by atoms with Crippen molar-refractivity contribution in [2.24, 2.45) is 0 Å². The third kappa shape index (κ3) is 4.50. The molecule has 0 aromatic heterocycles. The normalized spacial score (nSPS) is 11.3. The van der Waals surface area contributed by atoms with Gasteiger partial charge in [0.15, 0.2) is 21.4 Å². The van der Waals surface area contributed by atoms with Crippen molar-refractivity contribution in [1.82, 2.24) is 0 Å². The van der Waals surface area contributed by atoms with Crippen molar-refractivity contribution in [2.75, 3.05) is 23.8 Å². The number of carbonyl (C=O) groups excluding carboxylic acids is 1. The van der Waals surface area contributed by atoms with Crippen molar-refractivity contribution in [2.45, 2.75) is 13.8 Å². The molecule has 106 valence electrons. The van der Waals surface area contributed by atoms with Gasteiger partial charge in [-0.25, -0.2) is 8.42 Å². The van der Waals surface area contributed by atoms with Crippen molar-refractivity contribution in [1.29, 1.82) is 0 Å². The number of benzene rings is 1. The number of ketones is 1. The minimum atomic E-state index is -3.10. The molecule has 0 aliphatic carbocycles. The predicted molar refractivity (Wildman–Crippen MR) is 78.4 cm³/mol. The molecule has 1 rings (SSSR count). The predicted octanol–water partition coefficient (Wildman–Crippen LogP) is 2.05. The van der Waals surface area contributed by atoms with Crippen molar-refractivity contribution >= 4 is 37.2 Å². The maximum absolute atomic E-state index is 11.5. The minimum Gasteiger partial charge on any atom is -0.490 e. The van der Waals surface area contributed by atoms with Crippen LogP contribution in [-0.4, -0.2) is 32.3 Å². The molecule has 7 heteroatoms. The van der Waals surface area contributed by atoms with Crippen LogP contribution < -0.4 is 10.5 Å². The van der Waals surface area contributed by atoms with Crippen LogP contribution in [0.4, 0.5) is 5.69 Å². The number of ether oxygens (including phenoxy) is 1. The number of halogens is 1. The second-order valence-corrected chi connectivity index (χ2v) is 7.40. The summed E-state index contributed by atoms with van der Waals surface area (Å²) in [4.78, 5) is 11.5. The Morgan fingerprint density at radius 1 is 1.42 bits per heavy atom. The lowest BCUT2D eigenvalue weighted by Gasteiger charge is -2.13. The first-order valence-corrected chi connectivity index (χ1v) is 8.31. The SMILES string of the molecule is CCS(=O)(=O)CCOc1c(N)cc(Br)cc1C(C)=O. The van der Waals surface area contributed by atoms with Gasteiger partial charge in [-0.2, -0.15) is 0 Å². The van der Waals surface area contributed by atoms with Crippen LogP contribution in [0.25, 0.3) is 0 Å². The van der Waals surface area contributed by atoms with Crippen LogP contribution >= 0.6 is 15.9 Å². The lowest BCUT2D eigenvalue weighted by molar-refractivity contribution is 0.101. The van der Waals surface area contributed by atoms with E-state index < -0.39 is 9.84 Å². The second kappa shape index (κ2) is 6.38. The highest BCUT2D eigenvalue weighted by Gasteiger charge is 2.15. The number of hydrogen-bond donors (Lipinski definition) is 1. The highest BCUT2D eigenvalue weighted by Crippen LogP contribution is 2.31. The van der Waals surface area contributed by atoms with Gasteiger partial charge in [-0.15, -0.1) is 0 Å². The van der Waals surface area contributed by atoms with Crippen molar-refractivity contribution in [3.05, 3.63) is 22.2 Å². The Labute approximate surface area is 121 Å². The molecule has 0 saturated carbocycles. The van der Waals surface area contributed by atoms with Crippen LogP contribution in [0.3, 0.4) is 0 Å². The lowest BCUT2D eigenvalue weighted by Crippen LogP contribution is -2.17. The first-order valence-electron chi connectivity index (χ1n) is 5.70. The Morgan fingerprint density at radius 2 is 2.05 bits per heavy atom. The van der Waals surface area contributed by atoms with Crippen molar-refractivity contribution < 1.29 is 17.9 Å². The molecule has 2 N–H and O–H groups in total. The van der Waals surface area contributed by atoms with Crippen molar-refractivity contribution in [3.8, 4) is 5.75 Å². The maximum Gasteiger partial charge on any atom is 0.163 e. The van der Waals surface area contributed by atoms with Gasteiger partial charge in [-0.1, -0.05) is 22.9 Å². The maximum atomic E-state index is 11.5. The van der Waals surface area contributed by atoms with Crippen LogP contribution in [0.15, 0.2) is 16.6 Å². The summed E-state index contributed by atoms with van der Waals surface area (Å²) in [6, 6.07) is 3.21. The monoisotopic (exact) mass is 349 g/mol. The van der Waals surface area contributed by atoms with Crippen LogP contribution in [0, 0.1) is 0 Å². The number of hydrogen-bond acceptors (Lipinski definition) is 5. The Bertz CT molecular complexity index is 584. The van der Waals surface area contributed by atoms with Gasteiger partial charge in [0.1, 0.15) is 6.61 Å². The molecule has 0 atom stereocenters. The van der Waals surface area contributed by atoms with E-state index in [0.717, 1.165) is 0 Å². The van der Waals surface area contributed by atoms with Crippen LogP contribution in [0.1, 0.15) is 24.2 Å². The van der Waals surface area contributed by atoms with E-state index in [4.69, 9.17) is 10.5 Å². The topological polar surface area (TPSA) is 86.5 Å². The van der Waals surface area contributed by atoms with E-state index in [1.54, 1.807) is 19.1 Å². The number of anilines is 1. The van der Waals surface area contributed by atoms with Gasteiger partial charge in [0.2, 0.25) is 0 Å². The molecule has 0 amide bonds. The van der Waals surface area contributed by atoms with E-state index in [2.05, 4.69) is 15.9 Å². The van der Waals surface area contributed by atoms with Crippen molar-refractivity contribution in [3.63, 3.8) is 0 Å². The third-order valence-corrected chi connectivity index (χ3v) is 4.67. The van der Waals surface area contributed by atoms with E-state index in [9.17, 15) is 13.2 Å². The molecule has 19 heavy (non-hydrogen) atoms. The molecule has 1 aromatic rings. The Morgan fingerprint density at radius 3 is 2.58 bits per heavy atom. The highest BCUT2D eigenvalue weighted by atomic mass is 79.9. The second-order valence-electron chi connectivity index (χ2n) is 4.01. The molecule has 0 radical (unpaired) electrons. The molecule has 0 aliphatic rings. The molecule has 5 nitrogen and oxygen atoms in total. The fourth-order valence-electron chi connectivity index (χ4n) is 1.45.